The lowest BCUT2D eigenvalue weighted by molar-refractivity contribution is -0.140. The number of rotatable bonds is 6. The number of hydrogen-bond acceptors (Lipinski definition) is 4. The predicted molar refractivity (Wildman–Crippen MR) is 136 cm³/mol. The number of carbonyl (C=O) groups is 1. The molecule has 2 N–H and O–H groups in total. The standard InChI is InChI=1S/C27H40F3N3O3S/c1-26(2,3)15-23(31)25(34)33(20-7-5-4-6-8-20)24-14-9-18-16-32(17-22(18)24)37(35,36)21-12-10-19(11-13-21)27(28,29)30/h10-13,18,20,22-24H,4-9,14-17,31H2,1-3H3/t18-,22+,23+,24+/m1/s1. The van der Waals surface area contributed by atoms with Crippen LogP contribution in [0.15, 0.2) is 29.2 Å². The van der Waals surface area contributed by atoms with Crippen molar-refractivity contribution in [1.82, 2.24) is 9.21 Å². The Morgan fingerprint density at radius 2 is 1.65 bits per heavy atom. The van der Waals surface area contributed by atoms with Crippen LogP contribution in [0.3, 0.4) is 0 Å². The lowest BCUT2D eigenvalue weighted by atomic mass is 9.86. The molecular formula is C27H40F3N3O3S. The fourth-order valence-electron chi connectivity index (χ4n) is 6.61. The number of hydrogen-bond donors (Lipinski definition) is 1. The van der Waals surface area contributed by atoms with Gasteiger partial charge in [0, 0.05) is 25.2 Å². The van der Waals surface area contributed by atoms with E-state index in [1.165, 1.54) is 4.31 Å². The smallest absolute Gasteiger partial charge is 0.335 e. The van der Waals surface area contributed by atoms with Crippen LogP contribution < -0.4 is 5.73 Å². The zero-order valence-corrected chi connectivity index (χ0v) is 22.8. The van der Waals surface area contributed by atoms with Crippen LogP contribution in [0.25, 0.3) is 0 Å². The van der Waals surface area contributed by atoms with E-state index in [0.29, 0.717) is 13.0 Å². The van der Waals surface area contributed by atoms with Gasteiger partial charge in [-0.3, -0.25) is 4.79 Å². The first-order chi connectivity index (χ1) is 17.2. The molecule has 10 heteroatoms. The van der Waals surface area contributed by atoms with Crippen LogP contribution in [0.5, 0.6) is 0 Å². The van der Waals surface area contributed by atoms with Crippen LogP contribution in [0, 0.1) is 17.3 Å². The number of benzene rings is 1. The average molecular weight is 544 g/mol. The van der Waals surface area contributed by atoms with Gasteiger partial charge in [-0.25, -0.2) is 8.42 Å². The van der Waals surface area contributed by atoms with E-state index in [9.17, 15) is 26.4 Å². The normalized spacial score (nSPS) is 26.7. The Balaban J connectivity index is 1.55. The Morgan fingerprint density at radius 3 is 2.22 bits per heavy atom. The van der Waals surface area contributed by atoms with E-state index in [4.69, 9.17) is 5.73 Å². The lowest BCUT2D eigenvalue weighted by Gasteiger charge is -2.42. The van der Waals surface area contributed by atoms with Crippen molar-refractivity contribution in [1.29, 1.82) is 0 Å². The molecule has 1 aromatic carbocycles. The van der Waals surface area contributed by atoms with Crippen molar-refractivity contribution < 1.29 is 26.4 Å². The molecule has 6 nitrogen and oxygen atoms in total. The van der Waals surface area contributed by atoms with Crippen LogP contribution in [0.1, 0.15) is 77.7 Å². The van der Waals surface area contributed by atoms with E-state index in [1.54, 1.807) is 0 Å². The Morgan fingerprint density at radius 1 is 1.03 bits per heavy atom. The Bertz CT molecular complexity index is 1060. The molecule has 1 saturated heterocycles. The van der Waals surface area contributed by atoms with Crippen LogP contribution in [-0.4, -0.2) is 54.7 Å². The minimum atomic E-state index is -4.52. The highest BCUT2D eigenvalue weighted by molar-refractivity contribution is 7.89. The maximum atomic E-state index is 13.8. The van der Waals surface area contributed by atoms with Gasteiger partial charge in [0.05, 0.1) is 16.5 Å². The molecule has 3 aliphatic rings. The molecule has 1 aromatic rings. The first kappa shape index (κ1) is 28.4. The van der Waals surface area contributed by atoms with Crippen molar-refractivity contribution in [3.05, 3.63) is 29.8 Å². The predicted octanol–water partition coefficient (Wildman–Crippen LogP) is 5.03. The third kappa shape index (κ3) is 6.17. The fraction of sp³-hybridized carbons (Fsp3) is 0.741. The highest BCUT2D eigenvalue weighted by atomic mass is 32.2. The van der Waals surface area contributed by atoms with Gasteiger partial charge in [-0.15, -0.1) is 0 Å². The SMILES string of the molecule is CC(C)(C)C[C@H](N)C(=O)N(C1CCCCC1)[C@H]1CC[C@@H]2CN(S(=O)(=O)c3ccc(C(F)(F)F)cc3)C[C@@H]21. The monoisotopic (exact) mass is 543 g/mol. The molecular weight excluding hydrogens is 503 g/mol. The number of amides is 1. The molecule has 2 aliphatic carbocycles. The molecule has 37 heavy (non-hydrogen) atoms. The maximum Gasteiger partial charge on any atom is 0.416 e. The van der Waals surface area contributed by atoms with Gasteiger partial charge < -0.3 is 10.6 Å². The summed E-state index contributed by atoms with van der Waals surface area (Å²) in [6, 6.07) is 3.14. The topological polar surface area (TPSA) is 83.7 Å². The molecule has 4 rings (SSSR count). The molecule has 0 radical (unpaired) electrons. The summed E-state index contributed by atoms with van der Waals surface area (Å²) in [4.78, 5) is 15.7. The number of nitrogens with zero attached hydrogens (tertiary/aromatic N) is 2. The van der Waals surface area contributed by atoms with Crippen molar-refractivity contribution in [2.75, 3.05) is 13.1 Å². The van der Waals surface area contributed by atoms with Crippen molar-refractivity contribution in [2.24, 2.45) is 23.0 Å². The second kappa shape index (κ2) is 10.5. The highest BCUT2D eigenvalue weighted by Crippen LogP contribution is 2.44. The van der Waals surface area contributed by atoms with Crippen molar-refractivity contribution in [3.8, 4) is 0 Å². The third-order valence-electron chi connectivity index (χ3n) is 8.33. The van der Waals surface area contributed by atoms with Crippen molar-refractivity contribution in [3.63, 3.8) is 0 Å². The molecule has 4 atom stereocenters. The second-order valence-electron chi connectivity index (χ2n) is 12.3. The molecule has 0 aromatic heterocycles. The van der Waals surface area contributed by atoms with Gasteiger partial charge in [0.25, 0.3) is 0 Å². The van der Waals surface area contributed by atoms with Gasteiger partial charge in [0.15, 0.2) is 0 Å². The summed E-state index contributed by atoms with van der Waals surface area (Å²) in [5.41, 5.74) is 5.48. The molecule has 1 heterocycles. The van der Waals surface area contributed by atoms with Gasteiger partial charge in [-0.05, 0) is 73.6 Å². The zero-order chi connectivity index (χ0) is 27.2. The molecule has 0 spiro atoms. The number of carbonyl (C=O) groups excluding carboxylic acids is 1. The van der Waals surface area contributed by atoms with E-state index in [2.05, 4.69) is 20.8 Å². The van der Waals surface area contributed by atoms with Crippen LogP contribution >= 0.6 is 0 Å². The minimum Gasteiger partial charge on any atom is -0.335 e. The van der Waals surface area contributed by atoms with Gasteiger partial charge in [0.2, 0.25) is 15.9 Å². The summed E-state index contributed by atoms with van der Waals surface area (Å²) >= 11 is 0. The van der Waals surface area contributed by atoms with Crippen LogP contribution in [-0.2, 0) is 21.0 Å². The first-order valence-corrected chi connectivity index (χ1v) is 14.9. The van der Waals surface area contributed by atoms with Crippen molar-refractivity contribution >= 4 is 15.9 Å². The molecule has 3 fully saturated rings. The van der Waals surface area contributed by atoms with Gasteiger partial charge in [0.1, 0.15) is 0 Å². The Kier molecular flexibility index (Phi) is 8.04. The largest absolute Gasteiger partial charge is 0.416 e. The molecule has 1 aliphatic heterocycles. The fourth-order valence-corrected chi connectivity index (χ4v) is 8.15. The maximum absolute atomic E-state index is 13.8. The van der Waals surface area contributed by atoms with Gasteiger partial charge in [-0.2, -0.15) is 17.5 Å². The minimum absolute atomic E-state index is 0.00284. The number of sulfonamides is 1. The summed E-state index contributed by atoms with van der Waals surface area (Å²) in [5, 5.41) is 0. The van der Waals surface area contributed by atoms with E-state index < -0.39 is 27.8 Å². The summed E-state index contributed by atoms with van der Waals surface area (Å²) in [5.74, 6) is 0.0837. The Labute approximate surface area is 218 Å². The number of fused-ring (bicyclic) bond motifs is 1. The van der Waals surface area contributed by atoms with E-state index in [0.717, 1.165) is 69.2 Å². The quantitative estimate of drug-likeness (QED) is 0.546. The number of alkyl halides is 3. The number of nitrogens with two attached hydrogens (primary N) is 1. The van der Waals surface area contributed by atoms with E-state index >= 15 is 0 Å². The van der Waals surface area contributed by atoms with Gasteiger partial charge >= 0.3 is 6.18 Å². The second-order valence-corrected chi connectivity index (χ2v) is 14.3. The van der Waals surface area contributed by atoms with Crippen LogP contribution in [0.4, 0.5) is 13.2 Å². The zero-order valence-electron chi connectivity index (χ0n) is 22.0. The highest BCUT2D eigenvalue weighted by Gasteiger charge is 2.50. The number of halogens is 3. The summed E-state index contributed by atoms with van der Waals surface area (Å²) in [7, 11) is -3.94. The average Bonchev–Trinajstić information content (AvgIpc) is 3.41. The third-order valence-corrected chi connectivity index (χ3v) is 10.2. The summed E-state index contributed by atoms with van der Waals surface area (Å²) < 4.78 is 67.0. The molecule has 0 unspecified atom stereocenters. The Hall–Kier alpha value is -1.65. The van der Waals surface area contributed by atoms with E-state index in [1.807, 2.05) is 4.90 Å². The van der Waals surface area contributed by atoms with E-state index in [-0.39, 0.29) is 46.7 Å². The molecule has 1 amide bonds. The first-order valence-electron chi connectivity index (χ1n) is 13.4. The van der Waals surface area contributed by atoms with Gasteiger partial charge in [-0.1, -0.05) is 40.0 Å². The molecule has 208 valence electrons. The summed E-state index contributed by atoms with van der Waals surface area (Å²) in [6.45, 7) is 6.79. The van der Waals surface area contributed by atoms with Crippen LogP contribution in [0.2, 0.25) is 0 Å². The summed E-state index contributed by atoms with van der Waals surface area (Å²) in [6.07, 6.45) is 2.87. The van der Waals surface area contributed by atoms with Crippen molar-refractivity contribution in [2.45, 2.75) is 101 Å². The molecule has 2 saturated carbocycles. The lowest BCUT2D eigenvalue weighted by Crippen LogP contribution is -2.56. The molecule has 0 bridgehead atoms.